The number of carbonyl (C=O) groups excluding carboxylic acids is 1. The summed E-state index contributed by atoms with van der Waals surface area (Å²) in [7, 11) is -2.92. The lowest BCUT2D eigenvalue weighted by Gasteiger charge is -2.20. The molecule has 0 saturated carbocycles. The SMILES string of the molecule is CCN(Cc1ccccc1)C(=O)c1sc2ncnc(NC[C@@H]3CCS(=O)(=O)C3)c2c1C. The van der Waals surface area contributed by atoms with Crippen molar-refractivity contribution in [2.75, 3.05) is 29.9 Å². The van der Waals surface area contributed by atoms with Gasteiger partial charge in [0.1, 0.15) is 17.0 Å². The Labute approximate surface area is 186 Å². The zero-order chi connectivity index (χ0) is 22.0. The number of fused-ring (bicyclic) bond motifs is 1. The number of aromatic nitrogens is 2. The van der Waals surface area contributed by atoms with Crippen molar-refractivity contribution >= 4 is 43.1 Å². The second-order valence-corrected chi connectivity index (χ2v) is 11.1. The summed E-state index contributed by atoms with van der Waals surface area (Å²) in [4.78, 5) is 25.3. The monoisotopic (exact) mass is 458 g/mol. The third-order valence-corrected chi connectivity index (χ3v) is 8.72. The van der Waals surface area contributed by atoms with Crippen molar-refractivity contribution in [1.82, 2.24) is 14.9 Å². The molecule has 0 spiro atoms. The average Bonchev–Trinajstić information content (AvgIpc) is 3.30. The van der Waals surface area contributed by atoms with E-state index in [-0.39, 0.29) is 23.3 Å². The lowest BCUT2D eigenvalue weighted by molar-refractivity contribution is 0.0757. The maximum atomic E-state index is 13.3. The quantitative estimate of drug-likeness (QED) is 0.583. The second-order valence-electron chi connectivity index (χ2n) is 7.91. The zero-order valence-electron chi connectivity index (χ0n) is 17.7. The minimum absolute atomic E-state index is 0.0142. The second kappa shape index (κ2) is 8.92. The Morgan fingerprint density at radius 3 is 2.71 bits per heavy atom. The number of hydrogen-bond donors (Lipinski definition) is 1. The molecule has 1 aliphatic rings. The fourth-order valence-corrected chi connectivity index (χ4v) is 6.94. The lowest BCUT2D eigenvalue weighted by Crippen LogP contribution is -2.30. The average molecular weight is 459 g/mol. The minimum atomic E-state index is -2.92. The molecule has 1 fully saturated rings. The largest absolute Gasteiger partial charge is 0.369 e. The molecule has 31 heavy (non-hydrogen) atoms. The smallest absolute Gasteiger partial charge is 0.264 e. The molecule has 1 aliphatic heterocycles. The molecule has 0 bridgehead atoms. The van der Waals surface area contributed by atoms with Gasteiger partial charge in [0.15, 0.2) is 9.84 Å². The van der Waals surface area contributed by atoms with Gasteiger partial charge in [-0.1, -0.05) is 30.3 Å². The standard InChI is InChI=1S/C22H26N4O3S2/c1-3-26(12-16-7-5-4-6-8-16)22(27)19-15(2)18-20(24-14-25-21(18)30-19)23-11-17-9-10-31(28,29)13-17/h4-8,14,17H,3,9-13H2,1-2H3,(H,23,24,25)/t17-/m0/s1. The van der Waals surface area contributed by atoms with Gasteiger partial charge >= 0.3 is 0 Å². The first-order chi connectivity index (χ1) is 14.9. The van der Waals surface area contributed by atoms with E-state index in [1.54, 1.807) is 0 Å². The van der Waals surface area contributed by atoms with Crippen LogP contribution in [0.25, 0.3) is 10.2 Å². The molecular weight excluding hydrogens is 432 g/mol. The molecule has 1 N–H and O–H groups in total. The van der Waals surface area contributed by atoms with Gasteiger partial charge in [-0.15, -0.1) is 11.3 Å². The van der Waals surface area contributed by atoms with E-state index in [0.717, 1.165) is 21.3 Å². The number of anilines is 1. The summed E-state index contributed by atoms with van der Waals surface area (Å²) in [5.74, 6) is 1.19. The number of carbonyl (C=O) groups is 1. The predicted molar refractivity (Wildman–Crippen MR) is 124 cm³/mol. The van der Waals surface area contributed by atoms with E-state index in [1.165, 1.54) is 17.7 Å². The molecule has 0 unspecified atom stereocenters. The van der Waals surface area contributed by atoms with Gasteiger partial charge in [0.05, 0.1) is 21.8 Å². The number of thiophene rings is 1. The van der Waals surface area contributed by atoms with Crippen molar-refractivity contribution in [3.05, 3.63) is 52.7 Å². The Bertz CT molecular complexity index is 1190. The highest BCUT2D eigenvalue weighted by atomic mass is 32.2. The number of amides is 1. The van der Waals surface area contributed by atoms with Crippen molar-refractivity contribution in [1.29, 1.82) is 0 Å². The Morgan fingerprint density at radius 1 is 1.26 bits per heavy atom. The summed E-state index contributed by atoms with van der Waals surface area (Å²) in [6, 6.07) is 9.95. The van der Waals surface area contributed by atoms with Crippen LogP contribution in [0.5, 0.6) is 0 Å². The molecule has 1 saturated heterocycles. The van der Waals surface area contributed by atoms with Gasteiger partial charge in [-0.05, 0) is 37.3 Å². The fraction of sp³-hybridized carbons (Fsp3) is 0.409. The number of aryl methyl sites for hydroxylation is 1. The van der Waals surface area contributed by atoms with E-state index in [1.807, 2.05) is 49.1 Å². The van der Waals surface area contributed by atoms with Gasteiger partial charge in [-0.2, -0.15) is 0 Å². The van der Waals surface area contributed by atoms with Crippen molar-refractivity contribution in [3.8, 4) is 0 Å². The van der Waals surface area contributed by atoms with E-state index in [0.29, 0.717) is 36.8 Å². The van der Waals surface area contributed by atoms with Gasteiger partial charge < -0.3 is 10.2 Å². The summed E-state index contributed by atoms with van der Waals surface area (Å²) in [6.07, 6.45) is 2.16. The summed E-state index contributed by atoms with van der Waals surface area (Å²) < 4.78 is 23.5. The van der Waals surface area contributed by atoms with Crippen LogP contribution in [0.4, 0.5) is 5.82 Å². The van der Waals surface area contributed by atoms with E-state index in [4.69, 9.17) is 0 Å². The Hall–Kier alpha value is -2.52. The summed E-state index contributed by atoms with van der Waals surface area (Å²) in [5.41, 5.74) is 1.95. The highest BCUT2D eigenvalue weighted by molar-refractivity contribution is 7.91. The molecule has 1 atom stereocenters. The first kappa shape index (κ1) is 21.7. The molecule has 0 aliphatic carbocycles. The lowest BCUT2D eigenvalue weighted by atomic mass is 10.1. The van der Waals surface area contributed by atoms with Crippen LogP contribution in [0.3, 0.4) is 0 Å². The van der Waals surface area contributed by atoms with Crippen LogP contribution in [-0.4, -0.2) is 53.8 Å². The van der Waals surface area contributed by atoms with Crippen LogP contribution in [0, 0.1) is 12.8 Å². The molecule has 4 rings (SSSR count). The zero-order valence-corrected chi connectivity index (χ0v) is 19.3. The van der Waals surface area contributed by atoms with E-state index < -0.39 is 9.84 Å². The highest BCUT2D eigenvalue weighted by Crippen LogP contribution is 2.34. The topological polar surface area (TPSA) is 92.3 Å². The normalized spacial score (nSPS) is 17.7. The molecule has 1 amide bonds. The van der Waals surface area contributed by atoms with Crippen LogP contribution in [0.2, 0.25) is 0 Å². The van der Waals surface area contributed by atoms with Crippen molar-refractivity contribution in [3.63, 3.8) is 0 Å². The van der Waals surface area contributed by atoms with Crippen LogP contribution >= 0.6 is 11.3 Å². The van der Waals surface area contributed by atoms with Crippen LogP contribution in [0.15, 0.2) is 36.7 Å². The molecule has 1 aromatic carbocycles. The van der Waals surface area contributed by atoms with Gasteiger partial charge in [0.2, 0.25) is 0 Å². The molecule has 3 heterocycles. The Balaban J connectivity index is 1.57. The van der Waals surface area contributed by atoms with Gasteiger partial charge in [0, 0.05) is 19.6 Å². The van der Waals surface area contributed by atoms with E-state index in [2.05, 4.69) is 15.3 Å². The fourth-order valence-electron chi connectivity index (χ4n) is 3.96. The highest BCUT2D eigenvalue weighted by Gasteiger charge is 2.28. The molecule has 3 aromatic rings. The van der Waals surface area contributed by atoms with E-state index >= 15 is 0 Å². The third-order valence-electron chi connectivity index (χ3n) is 5.69. The van der Waals surface area contributed by atoms with Gasteiger partial charge in [-0.3, -0.25) is 4.79 Å². The number of benzene rings is 1. The van der Waals surface area contributed by atoms with Crippen molar-refractivity contribution in [2.45, 2.75) is 26.8 Å². The van der Waals surface area contributed by atoms with Crippen LogP contribution in [0.1, 0.15) is 34.1 Å². The molecule has 164 valence electrons. The van der Waals surface area contributed by atoms with E-state index in [9.17, 15) is 13.2 Å². The predicted octanol–water partition coefficient (Wildman–Crippen LogP) is 3.51. The summed E-state index contributed by atoms with van der Waals surface area (Å²) in [5, 5.41) is 4.15. The maximum Gasteiger partial charge on any atom is 0.264 e. The number of sulfone groups is 1. The van der Waals surface area contributed by atoms with Crippen LogP contribution in [-0.2, 0) is 16.4 Å². The van der Waals surface area contributed by atoms with Crippen molar-refractivity contribution in [2.24, 2.45) is 5.92 Å². The molecule has 7 nitrogen and oxygen atoms in total. The first-order valence-corrected chi connectivity index (χ1v) is 13.0. The maximum absolute atomic E-state index is 13.3. The molecular formula is C22H26N4O3S2. The number of rotatable bonds is 7. The first-order valence-electron chi connectivity index (χ1n) is 10.4. The Kier molecular flexibility index (Phi) is 6.24. The van der Waals surface area contributed by atoms with Crippen molar-refractivity contribution < 1.29 is 13.2 Å². The van der Waals surface area contributed by atoms with Crippen LogP contribution < -0.4 is 5.32 Å². The summed E-state index contributed by atoms with van der Waals surface area (Å²) >= 11 is 1.38. The van der Waals surface area contributed by atoms with Gasteiger partial charge in [-0.25, -0.2) is 18.4 Å². The molecule has 0 radical (unpaired) electrons. The number of hydrogen-bond acceptors (Lipinski definition) is 7. The third kappa shape index (κ3) is 4.72. The Morgan fingerprint density at radius 2 is 2.03 bits per heavy atom. The number of nitrogens with one attached hydrogen (secondary N) is 1. The van der Waals surface area contributed by atoms with Gasteiger partial charge in [0.25, 0.3) is 5.91 Å². The molecule has 2 aromatic heterocycles. The summed E-state index contributed by atoms with van der Waals surface area (Å²) in [6.45, 7) is 5.60. The number of nitrogens with zero attached hydrogens (tertiary/aromatic N) is 3. The minimum Gasteiger partial charge on any atom is -0.369 e. The molecule has 9 heteroatoms.